The molecule has 1 saturated carbocycles. The number of allylic oxidation sites excluding steroid dienone is 2. The van der Waals surface area contributed by atoms with Crippen molar-refractivity contribution in [3.63, 3.8) is 0 Å². The van der Waals surface area contributed by atoms with Gasteiger partial charge in [0, 0.05) is 28.2 Å². The summed E-state index contributed by atoms with van der Waals surface area (Å²) in [6, 6.07) is 17.0. The van der Waals surface area contributed by atoms with E-state index in [4.69, 9.17) is 30.2 Å². The Balaban J connectivity index is 1.27. The first kappa shape index (κ1) is 39.5. The fourth-order valence-electron chi connectivity index (χ4n) is 8.92. The molecule has 12 heteroatoms. The van der Waals surface area contributed by atoms with Crippen LogP contribution >= 0.6 is 11.6 Å². The third-order valence-corrected chi connectivity index (χ3v) is 12.4. The van der Waals surface area contributed by atoms with E-state index in [1.54, 1.807) is 31.3 Å². The van der Waals surface area contributed by atoms with Crippen molar-refractivity contribution in [2.24, 2.45) is 5.41 Å². The number of furan rings is 1. The van der Waals surface area contributed by atoms with E-state index >= 15 is 0 Å². The first-order chi connectivity index (χ1) is 26.6. The van der Waals surface area contributed by atoms with Crippen molar-refractivity contribution in [1.82, 2.24) is 4.90 Å². The van der Waals surface area contributed by atoms with Gasteiger partial charge in [-0.3, -0.25) is 9.69 Å². The Hall–Kier alpha value is -4.74. The molecule has 1 aromatic heterocycles. The summed E-state index contributed by atoms with van der Waals surface area (Å²) in [6.07, 6.45) is 0.634. The number of methoxy groups -OCH3 is 2. The van der Waals surface area contributed by atoms with Crippen LogP contribution in [0.1, 0.15) is 96.7 Å². The molecule has 56 heavy (non-hydrogen) atoms. The lowest BCUT2D eigenvalue weighted by molar-refractivity contribution is -0.137. The number of carbonyl (C=O) groups is 2. The Bertz CT molecular complexity index is 2180. The monoisotopic (exact) mass is 791 g/mol. The molecule has 2 fully saturated rings. The van der Waals surface area contributed by atoms with Gasteiger partial charge in [-0.05, 0) is 117 Å². The molecule has 4 atom stereocenters. The van der Waals surface area contributed by atoms with Gasteiger partial charge in [-0.15, -0.1) is 0 Å². The minimum absolute atomic E-state index is 0.0145. The van der Waals surface area contributed by atoms with E-state index in [0.717, 1.165) is 34.9 Å². The number of carbonyl (C=O) groups excluding carboxylic acids is 2. The van der Waals surface area contributed by atoms with E-state index in [1.807, 2.05) is 24.3 Å². The van der Waals surface area contributed by atoms with Gasteiger partial charge >= 0.3 is 12.3 Å². The van der Waals surface area contributed by atoms with Gasteiger partial charge in [0.25, 0.3) is 0 Å². The highest BCUT2D eigenvalue weighted by molar-refractivity contribution is 6.33. The zero-order valence-electron chi connectivity index (χ0n) is 31.8. The molecule has 8 nitrogen and oxygen atoms in total. The van der Waals surface area contributed by atoms with Crippen molar-refractivity contribution in [3.8, 4) is 22.8 Å². The molecule has 1 N–H and O–H groups in total. The molecular weight excluding hydrogens is 747 g/mol. The van der Waals surface area contributed by atoms with Crippen LogP contribution in [0.15, 0.2) is 82.8 Å². The molecule has 4 aliphatic rings. The zero-order chi connectivity index (χ0) is 40.0. The molecule has 3 aliphatic carbocycles. The SMILES string of the molecule is COc1ccc(CN2C[C@@]3(CC[C@H]4c5ccc(cc5C(=O)c5ccc(-c6cc(C(F)(F)F)ccc6Cl)o5)C[C@@H](O)CCC(C)=CCC[C@@]43C)OC2=O)c(OC)c1. The number of hydrogen-bond donors (Lipinski definition) is 1. The maximum atomic E-state index is 14.6. The molecule has 0 radical (unpaired) electrons. The summed E-state index contributed by atoms with van der Waals surface area (Å²) < 4.78 is 64.3. The smallest absolute Gasteiger partial charge is 0.416 e. The van der Waals surface area contributed by atoms with Crippen LogP contribution in [0.2, 0.25) is 5.02 Å². The van der Waals surface area contributed by atoms with Crippen LogP contribution in [0.25, 0.3) is 11.3 Å². The average molecular weight is 792 g/mol. The number of alkyl halides is 3. The third kappa shape index (κ3) is 7.43. The standard InChI is InChI=1S/C44H45ClF3NO7/c1-26-6-5-18-42(2)35(17-19-43(42)25-49(41(52)56-43)24-28-9-12-31(53-3)23-39(28)54-4)32-13-8-27(20-30(50)11-7-26)21-33(32)40(51)38-16-15-37(55-38)34-22-29(44(46,47)48)10-14-36(34)45/h6,8-10,12-16,21-23,30,35,50H,5,7,11,17-20,24-25H2,1-4H3/t30-,35-,42-,43+/m0/s1. The van der Waals surface area contributed by atoms with Gasteiger partial charge in [-0.25, -0.2) is 4.79 Å². The van der Waals surface area contributed by atoms with E-state index in [0.29, 0.717) is 68.6 Å². The minimum Gasteiger partial charge on any atom is -0.497 e. The number of amides is 1. The number of benzene rings is 3. The van der Waals surface area contributed by atoms with Crippen molar-refractivity contribution in [3.05, 3.63) is 117 Å². The van der Waals surface area contributed by atoms with Gasteiger partial charge in [-0.2, -0.15) is 13.2 Å². The van der Waals surface area contributed by atoms with Crippen LogP contribution in [0.4, 0.5) is 18.0 Å². The van der Waals surface area contributed by atoms with Crippen molar-refractivity contribution >= 4 is 23.5 Å². The molecule has 2 bridgehead atoms. The predicted molar refractivity (Wildman–Crippen MR) is 205 cm³/mol. The second-order valence-corrected chi connectivity index (χ2v) is 15.9. The maximum Gasteiger partial charge on any atom is 0.416 e. The molecule has 4 aromatic rings. The fraction of sp³-hybridized carbons (Fsp3) is 0.409. The van der Waals surface area contributed by atoms with Gasteiger partial charge in [0.2, 0.25) is 5.78 Å². The van der Waals surface area contributed by atoms with E-state index in [9.17, 15) is 27.9 Å². The quantitative estimate of drug-likeness (QED) is 0.147. The van der Waals surface area contributed by atoms with Crippen molar-refractivity contribution in [2.45, 2.75) is 89.1 Å². The summed E-state index contributed by atoms with van der Waals surface area (Å²) in [5, 5.41) is 11.0. The summed E-state index contributed by atoms with van der Waals surface area (Å²) in [6.45, 7) is 4.82. The van der Waals surface area contributed by atoms with Crippen LogP contribution < -0.4 is 9.47 Å². The molecule has 1 aliphatic heterocycles. The Kier molecular flexibility index (Phi) is 10.8. The highest BCUT2D eigenvalue weighted by Crippen LogP contribution is 2.62. The summed E-state index contributed by atoms with van der Waals surface area (Å²) in [4.78, 5) is 30.1. The Morgan fingerprint density at radius 3 is 2.57 bits per heavy atom. The molecule has 3 aromatic carbocycles. The van der Waals surface area contributed by atoms with E-state index in [-0.39, 0.29) is 34.6 Å². The summed E-state index contributed by atoms with van der Waals surface area (Å²) in [5.41, 5.74) is 1.48. The normalized spacial score (nSPS) is 24.1. The second kappa shape index (κ2) is 15.3. The van der Waals surface area contributed by atoms with Gasteiger partial charge in [0.15, 0.2) is 5.76 Å². The molecule has 1 saturated heterocycles. The number of ether oxygens (including phenoxy) is 3. The minimum atomic E-state index is -4.60. The lowest BCUT2D eigenvalue weighted by Gasteiger charge is -2.43. The predicted octanol–water partition coefficient (Wildman–Crippen LogP) is 10.6. The first-order valence-corrected chi connectivity index (χ1v) is 19.2. The molecule has 296 valence electrons. The Morgan fingerprint density at radius 1 is 1.02 bits per heavy atom. The molecule has 2 heterocycles. The Morgan fingerprint density at radius 2 is 1.82 bits per heavy atom. The van der Waals surface area contributed by atoms with Crippen molar-refractivity contribution in [1.29, 1.82) is 0 Å². The number of aliphatic hydroxyl groups excluding tert-OH is 1. The topological polar surface area (TPSA) is 98.4 Å². The number of fused-ring (bicyclic) bond motifs is 8. The number of rotatable bonds is 7. The van der Waals surface area contributed by atoms with E-state index < -0.39 is 40.7 Å². The summed E-state index contributed by atoms with van der Waals surface area (Å²) >= 11 is 6.33. The summed E-state index contributed by atoms with van der Waals surface area (Å²) in [7, 11) is 3.15. The number of ketones is 1. The van der Waals surface area contributed by atoms with Gasteiger partial charge in [0.05, 0.1) is 44.0 Å². The number of hydrogen-bond acceptors (Lipinski definition) is 7. The molecule has 8 rings (SSSR count). The highest BCUT2D eigenvalue weighted by atomic mass is 35.5. The van der Waals surface area contributed by atoms with Gasteiger partial charge < -0.3 is 23.7 Å². The number of nitrogens with zero attached hydrogens (tertiary/aromatic N) is 1. The lowest BCUT2D eigenvalue weighted by Crippen LogP contribution is -2.48. The highest BCUT2D eigenvalue weighted by Gasteiger charge is 2.64. The van der Waals surface area contributed by atoms with Crippen LogP contribution in [-0.4, -0.2) is 54.4 Å². The average Bonchev–Trinajstić information content (AvgIpc) is 3.86. The fourth-order valence-corrected chi connectivity index (χ4v) is 9.13. The van der Waals surface area contributed by atoms with E-state index in [1.165, 1.54) is 17.7 Å². The van der Waals surface area contributed by atoms with Crippen LogP contribution in [0.3, 0.4) is 0 Å². The zero-order valence-corrected chi connectivity index (χ0v) is 32.6. The lowest BCUT2D eigenvalue weighted by atomic mass is 9.65. The van der Waals surface area contributed by atoms with Crippen LogP contribution in [0.5, 0.6) is 11.5 Å². The van der Waals surface area contributed by atoms with Crippen molar-refractivity contribution in [2.75, 3.05) is 20.8 Å². The second-order valence-electron chi connectivity index (χ2n) is 15.5. The van der Waals surface area contributed by atoms with Crippen LogP contribution in [0, 0.1) is 5.41 Å². The molecule has 1 amide bonds. The van der Waals surface area contributed by atoms with Crippen molar-refractivity contribution < 1.29 is 46.5 Å². The molecule has 1 spiro atoms. The number of halogens is 4. The van der Waals surface area contributed by atoms with Gasteiger partial charge in [0.1, 0.15) is 22.9 Å². The first-order valence-electron chi connectivity index (χ1n) is 18.8. The number of aliphatic hydroxyl groups is 1. The molecular formula is C44H45ClF3NO7. The van der Waals surface area contributed by atoms with Gasteiger partial charge in [-0.1, -0.05) is 42.3 Å². The molecule has 0 unspecified atom stereocenters. The van der Waals surface area contributed by atoms with E-state index in [2.05, 4.69) is 19.9 Å². The Labute approximate surface area is 329 Å². The summed E-state index contributed by atoms with van der Waals surface area (Å²) in [5.74, 6) is 0.515. The largest absolute Gasteiger partial charge is 0.497 e. The van der Waals surface area contributed by atoms with Crippen LogP contribution in [-0.2, 0) is 23.9 Å². The third-order valence-electron chi connectivity index (χ3n) is 12.1. The maximum absolute atomic E-state index is 14.6.